The summed E-state index contributed by atoms with van der Waals surface area (Å²) in [5, 5.41) is 8.66. The molecule has 1 aliphatic carbocycles. The van der Waals surface area contributed by atoms with E-state index >= 15 is 0 Å². The third-order valence-electron chi connectivity index (χ3n) is 6.88. The van der Waals surface area contributed by atoms with Crippen molar-refractivity contribution in [2.45, 2.75) is 0 Å². The smallest absolute Gasteiger partial charge is 0.135 e. The van der Waals surface area contributed by atoms with Crippen molar-refractivity contribution in [1.29, 1.82) is 5.41 Å². The summed E-state index contributed by atoms with van der Waals surface area (Å²) >= 11 is 5.22. The molecule has 0 saturated carbocycles. The van der Waals surface area contributed by atoms with Crippen molar-refractivity contribution in [1.82, 2.24) is 18.7 Å². The minimum atomic E-state index is 0.140. The highest BCUT2D eigenvalue weighted by molar-refractivity contribution is 7.79. The van der Waals surface area contributed by atoms with E-state index in [1.807, 2.05) is 66.7 Å². The fraction of sp³-hybridized carbons (Fsp3) is 0. The van der Waals surface area contributed by atoms with Crippen LogP contribution in [0.4, 0.5) is 17.1 Å². The van der Waals surface area contributed by atoms with Crippen LogP contribution in [0.5, 0.6) is 0 Å². The summed E-state index contributed by atoms with van der Waals surface area (Å²) < 4.78 is 12.9. The maximum absolute atomic E-state index is 8.66. The van der Waals surface area contributed by atoms with Gasteiger partial charge in [-0.15, -0.1) is 0 Å². The molecule has 0 atom stereocenters. The van der Waals surface area contributed by atoms with E-state index in [1.165, 1.54) is 0 Å². The highest BCUT2D eigenvalue weighted by Gasteiger charge is 2.33. The summed E-state index contributed by atoms with van der Waals surface area (Å²) in [7, 11) is 0. The van der Waals surface area contributed by atoms with Crippen LogP contribution in [0.3, 0.4) is 0 Å². The van der Waals surface area contributed by atoms with E-state index in [-0.39, 0.29) is 5.71 Å². The van der Waals surface area contributed by atoms with E-state index < -0.39 is 0 Å². The number of para-hydroxylation sites is 2. The molecular weight excluding hydrogens is 547 g/mol. The molecule has 0 saturated heterocycles. The topological polar surface area (TPSA) is 91.0 Å². The number of hydrogen-bond acceptors (Lipinski definition) is 9. The number of aromatic nitrogens is 4. The highest BCUT2D eigenvalue weighted by Crippen LogP contribution is 2.39. The van der Waals surface area contributed by atoms with E-state index in [9.17, 15) is 0 Å². The molecule has 0 spiro atoms. The molecule has 4 aromatic carbocycles. The van der Waals surface area contributed by atoms with E-state index in [0.717, 1.165) is 39.9 Å². The molecule has 0 unspecified atom stereocenters. The van der Waals surface area contributed by atoms with Crippen LogP contribution in [0.15, 0.2) is 120 Å². The first-order chi connectivity index (χ1) is 20.2. The second-order valence-corrected chi connectivity index (χ2v) is 10.1. The Morgan fingerprint density at radius 3 is 1.61 bits per heavy atom. The largest absolute Gasteiger partial charge is 0.311 e. The van der Waals surface area contributed by atoms with Crippen molar-refractivity contribution >= 4 is 53.0 Å². The Balaban J connectivity index is 1.40. The van der Waals surface area contributed by atoms with Crippen LogP contribution in [0, 0.1) is 5.41 Å². The lowest BCUT2D eigenvalue weighted by molar-refractivity contribution is 1.17. The zero-order valence-electron chi connectivity index (χ0n) is 21.5. The molecule has 2 heterocycles. The number of fused-ring (bicyclic) bond motifs is 3. The first kappa shape index (κ1) is 25.0. The first-order valence-corrected chi connectivity index (χ1v) is 14.0. The van der Waals surface area contributed by atoms with Gasteiger partial charge >= 0.3 is 0 Å². The molecule has 0 amide bonds. The van der Waals surface area contributed by atoms with Gasteiger partial charge in [-0.2, -0.15) is 8.75 Å². The van der Waals surface area contributed by atoms with Crippen molar-refractivity contribution in [2.24, 2.45) is 4.40 Å². The zero-order chi connectivity index (χ0) is 27.8. The normalized spacial score (nSPS) is 13.1. The van der Waals surface area contributed by atoms with Gasteiger partial charge in [0, 0.05) is 28.2 Å². The number of anilines is 3. The molecule has 2 aromatic heterocycles. The van der Waals surface area contributed by atoms with Crippen LogP contribution in [-0.2, 0) is 0 Å². The maximum atomic E-state index is 8.66. The van der Waals surface area contributed by atoms with Crippen LogP contribution in [0.2, 0.25) is 0 Å². The van der Waals surface area contributed by atoms with Gasteiger partial charge in [0.1, 0.15) is 34.2 Å². The second kappa shape index (κ2) is 10.5. The van der Waals surface area contributed by atoms with Gasteiger partial charge in [-0.1, -0.05) is 78.9 Å². The minimum Gasteiger partial charge on any atom is -0.311 e. The first-order valence-electron chi connectivity index (χ1n) is 12.9. The van der Waals surface area contributed by atoms with Crippen molar-refractivity contribution in [3.8, 4) is 33.9 Å². The standard InChI is InChI=1S/C32H21N7S2/c33-25-28(36-40)30-31(32-29(25)37-41-38-32)35-26(20-10-4-1-5-11-20)27(34-30)21-16-18-24(19-17-21)39(22-12-6-2-7-13-22)23-14-8-3-9-15-23/h1-19,33,40H/b33-25?,36-28+. The Kier molecular flexibility index (Phi) is 6.42. The fourth-order valence-corrected chi connectivity index (χ4v) is 5.72. The third kappa shape index (κ3) is 4.41. The predicted octanol–water partition coefficient (Wildman–Crippen LogP) is 7.81. The lowest BCUT2D eigenvalue weighted by Gasteiger charge is -2.25. The Morgan fingerprint density at radius 1 is 0.537 bits per heavy atom. The Morgan fingerprint density at radius 2 is 1.02 bits per heavy atom. The zero-order valence-corrected chi connectivity index (χ0v) is 23.2. The molecule has 0 fully saturated rings. The molecule has 0 bridgehead atoms. The lowest BCUT2D eigenvalue weighted by Crippen LogP contribution is -2.25. The minimum absolute atomic E-state index is 0.140. The number of thiol groups is 1. The molecule has 7 nitrogen and oxygen atoms in total. The van der Waals surface area contributed by atoms with E-state index in [2.05, 4.69) is 79.4 Å². The van der Waals surface area contributed by atoms with Crippen LogP contribution in [0.25, 0.3) is 33.9 Å². The summed E-state index contributed by atoms with van der Waals surface area (Å²) in [5.74, 6) is 0. The summed E-state index contributed by atoms with van der Waals surface area (Å²) in [6, 6.07) is 38.8. The van der Waals surface area contributed by atoms with E-state index in [0.29, 0.717) is 39.9 Å². The van der Waals surface area contributed by atoms with Crippen molar-refractivity contribution < 1.29 is 0 Å². The van der Waals surface area contributed by atoms with Gasteiger partial charge in [-0.25, -0.2) is 14.4 Å². The Hall–Kier alpha value is -4.99. The highest BCUT2D eigenvalue weighted by atomic mass is 32.1. The summed E-state index contributed by atoms with van der Waals surface area (Å²) in [6.07, 6.45) is 0. The second-order valence-electron chi connectivity index (χ2n) is 9.32. The quantitative estimate of drug-likeness (QED) is 0.207. The van der Waals surface area contributed by atoms with E-state index in [4.69, 9.17) is 15.4 Å². The molecule has 196 valence electrons. The van der Waals surface area contributed by atoms with Crippen molar-refractivity contribution in [3.05, 3.63) is 127 Å². The number of rotatable bonds is 5. The van der Waals surface area contributed by atoms with Crippen molar-refractivity contribution in [2.75, 3.05) is 4.90 Å². The molecule has 6 aromatic rings. The molecule has 1 aliphatic rings. The van der Waals surface area contributed by atoms with Gasteiger partial charge in [0.15, 0.2) is 0 Å². The van der Waals surface area contributed by atoms with Crippen LogP contribution < -0.4 is 4.90 Å². The maximum Gasteiger partial charge on any atom is 0.135 e. The number of benzene rings is 4. The van der Waals surface area contributed by atoms with Gasteiger partial charge in [-0.05, 0) is 49.2 Å². The summed E-state index contributed by atoms with van der Waals surface area (Å²) in [5.41, 5.74) is 8.82. The average molecular weight is 568 g/mol. The van der Waals surface area contributed by atoms with Gasteiger partial charge in [0.25, 0.3) is 0 Å². The Labute approximate surface area is 246 Å². The molecular formula is C32H21N7S2. The molecule has 0 radical (unpaired) electrons. The molecule has 7 rings (SSSR count). The fourth-order valence-electron chi connectivity index (χ4n) is 4.97. The van der Waals surface area contributed by atoms with Gasteiger partial charge < -0.3 is 4.90 Å². The molecule has 41 heavy (non-hydrogen) atoms. The monoisotopic (exact) mass is 567 g/mol. The SMILES string of the molecule is N=C1/C(=N\S)c2nc(-c3ccc(N(c4ccccc4)c4ccccc4)cc3)c(-c3ccccc3)nc2-c2nsnc21. The number of nitrogens with zero attached hydrogens (tertiary/aromatic N) is 6. The number of nitrogens with one attached hydrogen (secondary N) is 1. The van der Waals surface area contributed by atoms with Gasteiger partial charge in [0.05, 0.1) is 23.1 Å². The van der Waals surface area contributed by atoms with Crippen LogP contribution in [-0.4, -0.2) is 30.1 Å². The summed E-state index contributed by atoms with van der Waals surface area (Å²) in [4.78, 5) is 12.4. The van der Waals surface area contributed by atoms with E-state index in [1.54, 1.807) is 0 Å². The Bertz CT molecular complexity index is 1860. The summed E-state index contributed by atoms with van der Waals surface area (Å²) in [6.45, 7) is 0. The predicted molar refractivity (Wildman–Crippen MR) is 169 cm³/mol. The molecule has 0 aliphatic heterocycles. The molecule has 1 N–H and O–H groups in total. The van der Waals surface area contributed by atoms with Crippen LogP contribution >= 0.6 is 24.5 Å². The van der Waals surface area contributed by atoms with Gasteiger partial charge in [0.2, 0.25) is 0 Å². The lowest BCUT2D eigenvalue weighted by atomic mass is 9.95. The molecule has 9 heteroatoms. The van der Waals surface area contributed by atoms with Crippen molar-refractivity contribution in [3.63, 3.8) is 0 Å². The third-order valence-corrected chi connectivity index (χ3v) is 7.61. The van der Waals surface area contributed by atoms with Gasteiger partial charge in [-0.3, -0.25) is 5.41 Å². The van der Waals surface area contributed by atoms with Crippen LogP contribution in [0.1, 0.15) is 11.4 Å². The average Bonchev–Trinajstić information content (AvgIpc) is 3.54. The number of hydrogen-bond donors (Lipinski definition) is 2.